The second kappa shape index (κ2) is 5.78. The summed E-state index contributed by atoms with van der Waals surface area (Å²) in [5, 5.41) is 3.51. The van der Waals surface area contributed by atoms with E-state index in [-0.39, 0.29) is 10.7 Å². The molecular weight excluding hydrogens is 254 g/mol. The molecule has 2 nitrogen and oxygen atoms in total. The van der Waals surface area contributed by atoms with Gasteiger partial charge in [0.05, 0.1) is 5.75 Å². The van der Waals surface area contributed by atoms with Gasteiger partial charge in [-0.15, -0.1) is 11.8 Å². The van der Waals surface area contributed by atoms with Crippen molar-refractivity contribution >= 4 is 35.0 Å². The van der Waals surface area contributed by atoms with Crippen LogP contribution in [-0.4, -0.2) is 16.4 Å². The predicted octanol–water partition coefficient (Wildman–Crippen LogP) is 4.12. The average molecular weight is 272 g/mol. The number of benzene rings is 1. The maximum Gasteiger partial charge on any atom is 0.234 e. The van der Waals surface area contributed by atoms with Crippen molar-refractivity contribution < 1.29 is 4.79 Å². The van der Waals surface area contributed by atoms with E-state index < -0.39 is 0 Å². The molecule has 1 N–H and O–H groups in total. The van der Waals surface area contributed by atoms with E-state index in [0.717, 1.165) is 11.3 Å². The summed E-state index contributed by atoms with van der Waals surface area (Å²) < 4.78 is 0.0979. The lowest BCUT2D eigenvalue weighted by Crippen LogP contribution is -2.19. The molecule has 0 saturated carbocycles. The summed E-state index contributed by atoms with van der Waals surface area (Å²) in [5.74, 6) is 0.463. The molecule has 0 unspecified atom stereocenters. The van der Waals surface area contributed by atoms with Crippen molar-refractivity contribution in [2.75, 3.05) is 11.1 Å². The normalized spacial score (nSPS) is 11.4. The van der Waals surface area contributed by atoms with E-state index in [1.165, 1.54) is 0 Å². The number of anilines is 1. The Morgan fingerprint density at radius 1 is 1.41 bits per heavy atom. The lowest BCUT2D eigenvalue weighted by molar-refractivity contribution is -0.113. The second-order valence-corrected chi connectivity index (χ2v) is 7.15. The first-order valence-corrected chi connectivity index (χ1v) is 6.84. The van der Waals surface area contributed by atoms with Gasteiger partial charge in [0.15, 0.2) is 0 Å². The summed E-state index contributed by atoms with van der Waals surface area (Å²) in [5.41, 5.74) is 1.81. The molecule has 0 bridgehead atoms. The molecule has 0 aliphatic rings. The van der Waals surface area contributed by atoms with Crippen LogP contribution in [0.15, 0.2) is 18.2 Å². The van der Waals surface area contributed by atoms with Gasteiger partial charge < -0.3 is 5.32 Å². The number of aryl methyl sites for hydroxylation is 1. The van der Waals surface area contributed by atoms with Gasteiger partial charge in [0, 0.05) is 15.5 Å². The summed E-state index contributed by atoms with van der Waals surface area (Å²) in [7, 11) is 0. The van der Waals surface area contributed by atoms with E-state index in [0.29, 0.717) is 10.8 Å². The van der Waals surface area contributed by atoms with Gasteiger partial charge in [0.25, 0.3) is 0 Å². The zero-order valence-corrected chi connectivity index (χ0v) is 12.2. The van der Waals surface area contributed by atoms with Crippen molar-refractivity contribution in [3.63, 3.8) is 0 Å². The first-order chi connectivity index (χ1) is 7.78. The van der Waals surface area contributed by atoms with Crippen LogP contribution in [0, 0.1) is 6.92 Å². The van der Waals surface area contributed by atoms with Crippen LogP contribution in [0.5, 0.6) is 0 Å². The van der Waals surface area contributed by atoms with Gasteiger partial charge in [0.2, 0.25) is 5.91 Å². The highest BCUT2D eigenvalue weighted by Crippen LogP contribution is 2.24. The fourth-order valence-electron chi connectivity index (χ4n) is 1.20. The molecule has 1 rings (SSSR count). The van der Waals surface area contributed by atoms with Crippen LogP contribution in [-0.2, 0) is 4.79 Å². The third-order valence-electron chi connectivity index (χ3n) is 2.11. The van der Waals surface area contributed by atoms with Crippen LogP contribution in [0.1, 0.15) is 26.3 Å². The number of hydrogen-bond acceptors (Lipinski definition) is 2. The molecule has 94 valence electrons. The second-order valence-electron chi connectivity index (χ2n) is 4.91. The minimum absolute atomic E-state index is 0.00953. The number of nitrogens with one attached hydrogen (secondary N) is 1. The first-order valence-electron chi connectivity index (χ1n) is 5.48. The van der Waals surface area contributed by atoms with E-state index in [1.54, 1.807) is 17.8 Å². The lowest BCUT2D eigenvalue weighted by atomic mass is 10.2. The summed E-state index contributed by atoms with van der Waals surface area (Å²) in [6.07, 6.45) is 0. The molecule has 1 aromatic rings. The molecule has 17 heavy (non-hydrogen) atoms. The Morgan fingerprint density at radius 2 is 2.06 bits per heavy atom. The van der Waals surface area contributed by atoms with Gasteiger partial charge in [-0.05, 0) is 24.6 Å². The molecule has 0 heterocycles. The Bertz CT molecular complexity index is 412. The van der Waals surface area contributed by atoms with E-state index in [9.17, 15) is 4.79 Å². The van der Waals surface area contributed by atoms with Crippen molar-refractivity contribution in [3.8, 4) is 0 Å². The SMILES string of the molecule is Cc1ccc(Cl)cc1NC(=O)CSC(C)(C)C. The molecule has 0 fully saturated rings. The average Bonchev–Trinajstić information content (AvgIpc) is 2.20. The molecule has 1 amide bonds. The third kappa shape index (κ3) is 5.46. The number of halogens is 1. The fourth-order valence-corrected chi connectivity index (χ4v) is 2.01. The smallest absolute Gasteiger partial charge is 0.234 e. The number of hydrogen-bond donors (Lipinski definition) is 1. The number of carbonyl (C=O) groups excluding carboxylic acids is 1. The first kappa shape index (κ1) is 14.4. The van der Waals surface area contributed by atoms with Crippen LogP contribution in [0.3, 0.4) is 0 Å². The molecular formula is C13H18ClNOS. The maximum atomic E-state index is 11.7. The van der Waals surface area contributed by atoms with Crippen molar-refractivity contribution in [1.29, 1.82) is 0 Å². The molecule has 0 aromatic heterocycles. The van der Waals surface area contributed by atoms with Crippen molar-refractivity contribution in [2.24, 2.45) is 0 Å². The van der Waals surface area contributed by atoms with Crippen LogP contribution in [0.2, 0.25) is 5.02 Å². The van der Waals surface area contributed by atoms with Gasteiger partial charge in [-0.3, -0.25) is 4.79 Å². The monoisotopic (exact) mass is 271 g/mol. The quantitative estimate of drug-likeness (QED) is 0.896. The minimum Gasteiger partial charge on any atom is -0.325 e. The predicted molar refractivity (Wildman–Crippen MR) is 77.0 cm³/mol. The van der Waals surface area contributed by atoms with E-state index in [2.05, 4.69) is 26.1 Å². The molecule has 1 aromatic carbocycles. The van der Waals surface area contributed by atoms with Crippen LogP contribution in [0.25, 0.3) is 0 Å². The standard InChI is InChI=1S/C13H18ClNOS/c1-9-5-6-10(14)7-11(9)15-12(16)8-17-13(2,3)4/h5-7H,8H2,1-4H3,(H,15,16). The molecule has 0 aliphatic heterocycles. The molecule has 0 saturated heterocycles. The molecule has 0 radical (unpaired) electrons. The zero-order valence-electron chi connectivity index (χ0n) is 10.6. The van der Waals surface area contributed by atoms with Crippen LogP contribution >= 0.6 is 23.4 Å². The Labute approximate surface area is 112 Å². The summed E-state index contributed by atoms with van der Waals surface area (Å²) >= 11 is 7.52. The fraction of sp³-hybridized carbons (Fsp3) is 0.462. The Balaban J connectivity index is 2.59. The highest BCUT2D eigenvalue weighted by atomic mass is 35.5. The Hall–Kier alpha value is -0.670. The topological polar surface area (TPSA) is 29.1 Å². The van der Waals surface area contributed by atoms with Gasteiger partial charge in [-0.2, -0.15) is 0 Å². The van der Waals surface area contributed by atoms with Gasteiger partial charge >= 0.3 is 0 Å². The van der Waals surface area contributed by atoms with E-state index in [1.807, 2.05) is 19.1 Å². The number of amides is 1. The molecule has 0 aliphatic carbocycles. The maximum absolute atomic E-state index is 11.7. The van der Waals surface area contributed by atoms with Crippen molar-refractivity contribution in [2.45, 2.75) is 32.4 Å². The molecule has 0 atom stereocenters. The molecule has 4 heteroatoms. The Morgan fingerprint density at radius 3 is 2.65 bits per heavy atom. The molecule has 0 spiro atoms. The van der Waals surface area contributed by atoms with Gasteiger partial charge in [-0.25, -0.2) is 0 Å². The van der Waals surface area contributed by atoms with Crippen molar-refractivity contribution in [3.05, 3.63) is 28.8 Å². The summed E-state index contributed by atoms with van der Waals surface area (Å²) in [6.45, 7) is 8.23. The van der Waals surface area contributed by atoms with E-state index >= 15 is 0 Å². The van der Waals surface area contributed by atoms with Crippen LogP contribution < -0.4 is 5.32 Å². The van der Waals surface area contributed by atoms with Gasteiger partial charge in [0.1, 0.15) is 0 Å². The summed E-state index contributed by atoms with van der Waals surface area (Å²) in [4.78, 5) is 11.7. The zero-order chi connectivity index (χ0) is 13.1. The lowest BCUT2D eigenvalue weighted by Gasteiger charge is -2.17. The number of rotatable bonds is 3. The Kier molecular flexibility index (Phi) is 4.90. The largest absolute Gasteiger partial charge is 0.325 e. The number of carbonyl (C=O) groups is 1. The van der Waals surface area contributed by atoms with Crippen LogP contribution in [0.4, 0.5) is 5.69 Å². The highest BCUT2D eigenvalue weighted by molar-refractivity contribution is 8.01. The highest BCUT2D eigenvalue weighted by Gasteiger charge is 2.13. The summed E-state index contributed by atoms with van der Waals surface area (Å²) in [6, 6.07) is 5.49. The minimum atomic E-state index is 0.00953. The van der Waals surface area contributed by atoms with Gasteiger partial charge in [-0.1, -0.05) is 38.4 Å². The van der Waals surface area contributed by atoms with Crippen molar-refractivity contribution in [1.82, 2.24) is 0 Å². The third-order valence-corrected chi connectivity index (χ3v) is 3.62. The van der Waals surface area contributed by atoms with E-state index in [4.69, 9.17) is 11.6 Å². The number of thioether (sulfide) groups is 1.